The first-order chi connectivity index (χ1) is 13.7. The third-order valence-electron chi connectivity index (χ3n) is 6.98. The average Bonchev–Trinajstić information content (AvgIpc) is 3.33. The third kappa shape index (κ3) is 3.74. The molecule has 28 heavy (non-hydrogen) atoms. The highest BCUT2D eigenvalue weighted by molar-refractivity contribution is 7.09. The minimum atomic E-state index is 0.241. The van der Waals surface area contributed by atoms with Gasteiger partial charge in [-0.05, 0) is 73.6 Å². The molecule has 0 bridgehead atoms. The minimum absolute atomic E-state index is 0.241. The number of rotatable bonds is 6. The summed E-state index contributed by atoms with van der Waals surface area (Å²) < 4.78 is 0. The normalized spacial score (nSPS) is 23.6. The minimum Gasteiger partial charge on any atom is -0.356 e. The average molecular weight is 396 g/mol. The van der Waals surface area contributed by atoms with Crippen molar-refractivity contribution >= 4 is 17.2 Å². The van der Waals surface area contributed by atoms with E-state index in [2.05, 4.69) is 44.8 Å². The lowest BCUT2D eigenvalue weighted by Gasteiger charge is -2.40. The van der Waals surface area contributed by atoms with Crippen LogP contribution in [0, 0.1) is 5.92 Å². The first kappa shape index (κ1) is 18.3. The number of fused-ring (bicyclic) bond motifs is 2. The number of carbonyl (C=O) groups excluding carboxylic acids is 1. The Morgan fingerprint density at radius 3 is 2.82 bits per heavy atom. The molecule has 5 heteroatoms. The van der Waals surface area contributed by atoms with Gasteiger partial charge in [-0.1, -0.05) is 24.3 Å². The van der Waals surface area contributed by atoms with E-state index in [0.29, 0.717) is 12.3 Å². The molecule has 1 atom stereocenters. The molecule has 2 aliphatic carbocycles. The van der Waals surface area contributed by atoms with E-state index in [1.807, 2.05) is 6.20 Å². The van der Waals surface area contributed by atoms with Gasteiger partial charge < -0.3 is 5.32 Å². The van der Waals surface area contributed by atoms with Crippen molar-refractivity contribution < 1.29 is 4.79 Å². The van der Waals surface area contributed by atoms with Gasteiger partial charge in [0.2, 0.25) is 5.91 Å². The Hall–Kier alpha value is -1.72. The molecule has 4 nitrogen and oxygen atoms in total. The Labute approximate surface area is 171 Å². The Balaban J connectivity index is 1.26. The summed E-state index contributed by atoms with van der Waals surface area (Å²) in [5, 5.41) is 6.45. The molecule has 2 heterocycles. The van der Waals surface area contributed by atoms with Crippen LogP contribution in [0.25, 0.3) is 0 Å². The highest BCUT2D eigenvalue weighted by atomic mass is 32.1. The van der Waals surface area contributed by atoms with Crippen LogP contribution in [0.1, 0.15) is 60.6 Å². The first-order valence-corrected chi connectivity index (χ1v) is 11.6. The first-order valence-electron chi connectivity index (χ1n) is 10.7. The van der Waals surface area contributed by atoms with Crippen molar-refractivity contribution in [2.75, 3.05) is 19.6 Å². The number of thiazole rings is 1. The summed E-state index contributed by atoms with van der Waals surface area (Å²) in [7, 11) is 0. The molecule has 1 aromatic carbocycles. The summed E-state index contributed by atoms with van der Waals surface area (Å²) in [6.07, 6.45) is 8.63. The van der Waals surface area contributed by atoms with Crippen LogP contribution in [0.4, 0.5) is 0 Å². The Kier molecular flexibility index (Phi) is 4.97. The van der Waals surface area contributed by atoms with E-state index in [1.165, 1.54) is 41.8 Å². The van der Waals surface area contributed by atoms with Crippen LogP contribution in [0.3, 0.4) is 0 Å². The van der Waals surface area contributed by atoms with E-state index in [9.17, 15) is 4.79 Å². The molecule has 1 N–H and O–H groups in total. The summed E-state index contributed by atoms with van der Waals surface area (Å²) in [4.78, 5) is 19.5. The zero-order chi connectivity index (χ0) is 19.0. The molecule has 3 aliphatic rings. The molecule has 148 valence electrons. The van der Waals surface area contributed by atoms with E-state index in [1.54, 1.807) is 11.3 Å². The lowest BCUT2D eigenvalue weighted by Crippen LogP contribution is -2.41. The smallest absolute Gasteiger partial charge is 0.220 e. The summed E-state index contributed by atoms with van der Waals surface area (Å²) in [5.41, 5.74) is 3.21. The number of amides is 1. The van der Waals surface area contributed by atoms with Crippen LogP contribution in [-0.4, -0.2) is 35.4 Å². The van der Waals surface area contributed by atoms with Gasteiger partial charge in [0.25, 0.3) is 0 Å². The second-order valence-electron chi connectivity index (χ2n) is 8.92. The molecule has 1 saturated carbocycles. The molecular weight excluding hydrogens is 366 g/mol. The van der Waals surface area contributed by atoms with Crippen LogP contribution >= 0.6 is 11.3 Å². The van der Waals surface area contributed by atoms with Crippen LogP contribution in [0.15, 0.2) is 35.8 Å². The number of nitrogens with one attached hydrogen (secondary N) is 1. The highest BCUT2D eigenvalue weighted by Gasteiger charge is 2.45. The fourth-order valence-electron chi connectivity index (χ4n) is 5.22. The van der Waals surface area contributed by atoms with Gasteiger partial charge in [-0.25, -0.2) is 4.98 Å². The summed E-state index contributed by atoms with van der Waals surface area (Å²) >= 11 is 1.75. The molecule has 1 saturated heterocycles. The van der Waals surface area contributed by atoms with Crippen LogP contribution in [0.5, 0.6) is 0 Å². The lowest BCUT2D eigenvalue weighted by molar-refractivity contribution is -0.121. The number of aromatic nitrogens is 1. The van der Waals surface area contributed by atoms with Gasteiger partial charge in [0, 0.05) is 24.5 Å². The SMILES string of the molecule is O=C(C[C@@H]1CC2(CCN(Cc3nccs3)CC2)c2ccccc21)NCC1CC1. The third-order valence-corrected chi connectivity index (χ3v) is 7.75. The van der Waals surface area contributed by atoms with Gasteiger partial charge in [0.1, 0.15) is 5.01 Å². The maximum absolute atomic E-state index is 12.5. The van der Waals surface area contributed by atoms with Crippen molar-refractivity contribution in [2.45, 2.75) is 56.4 Å². The molecule has 1 aromatic heterocycles. The van der Waals surface area contributed by atoms with Crippen LogP contribution in [0.2, 0.25) is 0 Å². The second-order valence-corrected chi connectivity index (χ2v) is 9.90. The molecule has 1 spiro atoms. The summed E-state index contributed by atoms with van der Waals surface area (Å²) in [6, 6.07) is 8.92. The predicted molar refractivity (Wildman–Crippen MR) is 112 cm³/mol. The number of benzene rings is 1. The predicted octanol–water partition coefficient (Wildman–Crippen LogP) is 4.08. The monoisotopic (exact) mass is 395 g/mol. The maximum Gasteiger partial charge on any atom is 0.220 e. The van der Waals surface area contributed by atoms with Crippen molar-refractivity contribution in [1.29, 1.82) is 0 Å². The standard InChI is InChI=1S/C23H29N3OS/c27-21(25-15-17-5-6-17)13-18-14-23(20-4-2-1-3-19(18)20)7-10-26(11-8-23)16-22-24-9-12-28-22/h1-4,9,12,17-18H,5-8,10-11,13-16H2,(H,25,27)/t18-/m1/s1. The number of likely N-dealkylation sites (tertiary alicyclic amines) is 1. The van der Waals surface area contributed by atoms with Crippen molar-refractivity contribution in [2.24, 2.45) is 5.92 Å². The van der Waals surface area contributed by atoms with Crippen molar-refractivity contribution in [3.05, 3.63) is 52.0 Å². The molecule has 2 aromatic rings. The zero-order valence-corrected chi connectivity index (χ0v) is 17.2. The maximum atomic E-state index is 12.5. The van der Waals surface area contributed by atoms with Crippen molar-refractivity contribution in [3.8, 4) is 0 Å². The Bertz CT molecular complexity index is 822. The zero-order valence-electron chi connectivity index (χ0n) is 16.4. The fraction of sp³-hybridized carbons (Fsp3) is 0.565. The molecule has 0 radical (unpaired) electrons. The Morgan fingerprint density at radius 2 is 2.07 bits per heavy atom. The highest BCUT2D eigenvalue weighted by Crippen LogP contribution is 2.52. The van der Waals surface area contributed by atoms with E-state index in [4.69, 9.17) is 0 Å². The van der Waals surface area contributed by atoms with E-state index in [-0.39, 0.29) is 11.3 Å². The quantitative estimate of drug-likeness (QED) is 0.802. The van der Waals surface area contributed by atoms with Gasteiger partial charge >= 0.3 is 0 Å². The number of nitrogens with zero attached hydrogens (tertiary/aromatic N) is 2. The second kappa shape index (κ2) is 7.60. The number of carbonyl (C=O) groups is 1. The molecule has 1 aliphatic heterocycles. The summed E-state index contributed by atoms with van der Waals surface area (Å²) in [5.74, 6) is 1.36. The molecule has 2 fully saturated rings. The molecule has 0 unspecified atom stereocenters. The Morgan fingerprint density at radius 1 is 1.25 bits per heavy atom. The van der Waals surface area contributed by atoms with Crippen molar-refractivity contribution in [1.82, 2.24) is 15.2 Å². The van der Waals surface area contributed by atoms with Crippen molar-refractivity contribution in [3.63, 3.8) is 0 Å². The van der Waals surface area contributed by atoms with E-state index in [0.717, 1.165) is 38.5 Å². The number of hydrogen-bond donors (Lipinski definition) is 1. The molecular formula is C23H29N3OS. The van der Waals surface area contributed by atoms with Gasteiger partial charge in [-0.3, -0.25) is 9.69 Å². The van der Waals surface area contributed by atoms with Gasteiger partial charge in [-0.2, -0.15) is 0 Å². The number of piperidine rings is 1. The largest absolute Gasteiger partial charge is 0.356 e. The van der Waals surface area contributed by atoms with E-state index < -0.39 is 0 Å². The van der Waals surface area contributed by atoms with Crippen LogP contribution in [-0.2, 0) is 16.8 Å². The fourth-order valence-corrected chi connectivity index (χ4v) is 5.88. The van der Waals surface area contributed by atoms with Gasteiger partial charge in [0.05, 0.1) is 6.54 Å². The van der Waals surface area contributed by atoms with Gasteiger partial charge in [-0.15, -0.1) is 11.3 Å². The van der Waals surface area contributed by atoms with Gasteiger partial charge in [0.15, 0.2) is 0 Å². The summed E-state index contributed by atoms with van der Waals surface area (Å²) in [6.45, 7) is 4.09. The van der Waals surface area contributed by atoms with Crippen LogP contribution < -0.4 is 5.32 Å². The number of hydrogen-bond acceptors (Lipinski definition) is 4. The van der Waals surface area contributed by atoms with E-state index >= 15 is 0 Å². The topological polar surface area (TPSA) is 45.2 Å². The molecule has 1 amide bonds. The lowest BCUT2D eigenvalue weighted by atomic mass is 9.73. The molecule has 5 rings (SSSR count).